The van der Waals surface area contributed by atoms with Crippen molar-refractivity contribution in [1.82, 2.24) is 0 Å². The normalized spacial score (nSPS) is 19.1. The lowest BCUT2D eigenvalue weighted by molar-refractivity contribution is -0.162. The molecule has 1 rings (SSSR count). The maximum Gasteiger partial charge on any atom is 0.306 e. The molecule has 246 valence electrons. The zero-order chi connectivity index (χ0) is 30.4. The summed E-state index contributed by atoms with van der Waals surface area (Å²) < 4.78 is 10.4. The van der Waals surface area contributed by atoms with Crippen LogP contribution in [-0.2, 0) is 14.3 Å². The highest BCUT2D eigenvalue weighted by Crippen LogP contribution is 2.20. The van der Waals surface area contributed by atoms with Crippen LogP contribution in [0.4, 0.5) is 0 Å². The summed E-state index contributed by atoms with van der Waals surface area (Å²) in [4.78, 5) is 11.8. The van der Waals surface area contributed by atoms with Crippen LogP contribution < -0.4 is 0 Å². The highest BCUT2D eigenvalue weighted by Gasteiger charge is 2.41. The van der Waals surface area contributed by atoms with Crippen LogP contribution in [0.3, 0.4) is 0 Å². The molecule has 1 saturated heterocycles. The molecule has 0 aromatic carbocycles. The summed E-state index contributed by atoms with van der Waals surface area (Å²) in [5, 5.41) is 37.1. The van der Waals surface area contributed by atoms with Gasteiger partial charge in [-0.2, -0.15) is 0 Å². The second-order valence-corrected chi connectivity index (χ2v) is 12.0. The van der Waals surface area contributed by atoms with E-state index in [0.29, 0.717) is 13.0 Å². The molecular formula is C34H68O7. The first-order chi connectivity index (χ1) is 20.0. The van der Waals surface area contributed by atoms with Gasteiger partial charge in [0.05, 0.1) is 13.2 Å². The molecular weight excluding hydrogens is 520 g/mol. The van der Waals surface area contributed by atoms with Gasteiger partial charge in [-0.15, -0.1) is 0 Å². The molecule has 41 heavy (non-hydrogen) atoms. The molecule has 1 heterocycles. The molecule has 1 aliphatic rings. The molecule has 4 atom stereocenters. The molecule has 0 aromatic heterocycles. The molecule has 0 aliphatic carbocycles. The highest BCUT2D eigenvalue weighted by atomic mass is 16.6. The van der Waals surface area contributed by atoms with Crippen molar-refractivity contribution >= 4 is 5.97 Å². The summed E-state index contributed by atoms with van der Waals surface area (Å²) in [6, 6.07) is 0. The van der Waals surface area contributed by atoms with E-state index in [1.54, 1.807) is 0 Å². The predicted octanol–water partition coefficient (Wildman–Crippen LogP) is 7.39. The van der Waals surface area contributed by atoms with Crippen LogP contribution in [0.2, 0.25) is 0 Å². The van der Waals surface area contributed by atoms with E-state index in [2.05, 4.69) is 13.8 Å². The maximum absolute atomic E-state index is 11.8. The summed E-state index contributed by atoms with van der Waals surface area (Å²) >= 11 is 0. The van der Waals surface area contributed by atoms with E-state index in [9.17, 15) is 20.1 Å². The van der Waals surface area contributed by atoms with Crippen LogP contribution in [0.1, 0.15) is 168 Å². The van der Waals surface area contributed by atoms with Gasteiger partial charge in [0.1, 0.15) is 18.3 Å². The lowest BCUT2D eigenvalue weighted by Crippen LogP contribution is -2.43. The first kappa shape index (κ1) is 40.3. The zero-order valence-corrected chi connectivity index (χ0v) is 26.9. The third-order valence-corrected chi connectivity index (χ3v) is 8.02. The van der Waals surface area contributed by atoms with E-state index >= 15 is 0 Å². The van der Waals surface area contributed by atoms with Gasteiger partial charge in [0.2, 0.25) is 0 Å². The summed E-state index contributed by atoms with van der Waals surface area (Å²) in [5.41, 5.74) is 0. The van der Waals surface area contributed by atoms with Crippen molar-refractivity contribution in [3.8, 4) is 0 Å². The average Bonchev–Trinajstić information content (AvgIpc) is 3.31. The fourth-order valence-electron chi connectivity index (χ4n) is 5.28. The van der Waals surface area contributed by atoms with Gasteiger partial charge in [0.25, 0.3) is 0 Å². The van der Waals surface area contributed by atoms with Crippen LogP contribution in [0.15, 0.2) is 0 Å². The van der Waals surface area contributed by atoms with Crippen LogP contribution in [0.25, 0.3) is 0 Å². The third kappa shape index (κ3) is 24.4. The number of hydrogen-bond donors (Lipinski definition) is 4. The van der Waals surface area contributed by atoms with Gasteiger partial charge in [-0.3, -0.25) is 4.79 Å². The molecule has 0 radical (unpaired) electrons. The Labute approximate surface area is 252 Å². The molecule has 0 bridgehead atoms. The molecule has 0 saturated carbocycles. The largest absolute Gasteiger partial charge is 0.457 e. The summed E-state index contributed by atoms with van der Waals surface area (Å²) in [5.74, 6) is -0.394. The van der Waals surface area contributed by atoms with Crippen molar-refractivity contribution in [3.05, 3.63) is 0 Å². The van der Waals surface area contributed by atoms with Crippen molar-refractivity contribution in [3.63, 3.8) is 0 Å². The second-order valence-electron chi connectivity index (χ2n) is 12.0. The Bertz CT molecular complexity index is 531. The monoisotopic (exact) mass is 588 g/mol. The number of carbonyl (C=O) groups is 1. The van der Waals surface area contributed by atoms with Gasteiger partial charge in [-0.05, 0) is 12.8 Å². The lowest BCUT2D eigenvalue weighted by atomic mass is 10.0. The molecule has 0 aromatic rings. The Kier molecular flexibility index (Phi) is 30.2. The molecule has 0 amide bonds. The number of rotatable bonds is 27. The average molecular weight is 589 g/mol. The van der Waals surface area contributed by atoms with Gasteiger partial charge < -0.3 is 29.9 Å². The summed E-state index contributed by atoms with van der Waals surface area (Å²) in [6.45, 7) is 4.41. The molecule has 4 N–H and O–H groups in total. The van der Waals surface area contributed by atoms with Crippen LogP contribution >= 0.6 is 0 Å². The topological polar surface area (TPSA) is 116 Å². The van der Waals surface area contributed by atoms with Gasteiger partial charge in [0, 0.05) is 13.0 Å². The van der Waals surface area contributed by atoms with E-state index in [-0.39, 0.29) is 6.61 Å². The van der Waals surface area contributed by atoms with E-state index in [0.717, 1.165) is 25.7 Å². The Morgan fingerprint density at radius 3 is 1.39 bits per heavy atom. The van der Waals surface area contributed by atoms with Crippen LogP contribution in [0.5, 0.6) is 0 Å². The minimum absolute atomic E-state index is 0.0157. The van der Waals surface area contributed by atoms with Gasteiger partial charge >= 0.3 is 5.97 Å². The summed E-state index contributed by atoms with van der Waals surface area (Å²) in [7, 11) is 0. The molecule has 0 unspecified atom stereocenters. The van der Waals surface area contributed by atoms with Crippen molar-refractivity contribution in [1.29, 1.82) is 0 Å². The minimum Gasteiger partial charge on any atom is -0.457 e. The molecule has 1 aliphatic heterocycles. The van der Waals surface area contributed by atoms with Crippen LogP contribution in [0, 0.1) is 0 Å². The SMILES string of the molecule is CCCCCCCCCCCC(=O)O[C@H](CO)[C@H]1OC[C@H](O)[C@H]1O.CCCCCCCCCCCCCCCCO. The number of hydrogen-bond acceptors (Lipinski definition) is 7. The Morgan fingerprint density at radius 1 is 0.659 bits per heavy atom. The smallest absolute Gasteiger partial charge is 0.306 e. The molecule has 0 spiro atoms. The Balaban J connectivity index is 0.000000831. The maximum atomic E-state index is 11.8. The minimum atomic E-state index is -1.14. The van der Waals surface area contributed by atoms with E-state index < -0.39 is 37.0 Å². The van der Waals surface area contributed by atoms with E-state index in [1.165, 1.54) is 122 Å². The number of aliphatic hydroxyl groups excluding tert-OH is 4. The van der Waals surface area contributed by atoms with Crippen molar-refractivity contribution in [2.75, 3.05) is 19.8 Å². The fourth-order valence-corrected chi connectivity index (χ4v) is 5.28. The Hall–Kier alpha value is -0.730. The predicted molar refractivity (Wildman–Crippen MR) is 168 cm³/mol. The van der Waals surface area contributed by atoms with Gasteiger partial charge in [-0.25, -0.2) is 0 Å². The second kappa shape index (κ2) is 30.7. The molecule has 7 nitrogen and oxygen atoms in total. The van der Waals surface area contributed by atoms with Crippen molar-refractivity contribution in [2.24, 2.45) is 0 Å². The molecule has 7 heteroatoms. The van der Waals surface area contributed by atoms with E-state index in [1.807, 2.05) is 0 Å². The van der Waals surface area contributed by atoms with Gasteiger partial charge in [0.15, 0.2) is 6.10 Å². The standard InChI is InChI=1S/C18H34O6.C16H34O/c1-2-3-4-5-6-7-8-9-10-11-16(21)24-15(12-19)18-17(22)14(20)13-23-18;1-2-3-4-5-6-7-8-9-10-11-12-13-14-15-16-17/h14-15,17-20,22H,2-13H2,1H3;17H,2-16H2,1H3/t14-,15+,17+,18+;/m0./s1. The highest BCUT2D eigenvalue weighted by molar-refractivity contribution is 5.69. The van der Waals surface area contributed by atoms with Crippen molar-refractivity contribution < 1.29 is 34.7 Å². The Morgan fingerprint density at radius 2 is 1.05 bits per heavy atom. The van der Waals surface area contributed by atoms with Crippen molar-refractivity contribution in [2.45, 2.75) is 192 Å². The van der Waals surface area contributed by atoms with Crippen LogP contribution in [-0.4, -0.2) is 70.6 Å². The number of unbranched alkanes of at least 4 members (excludes halogenated alkanes) is 21. The molecule has 1 fully saturated rings. The lowest BCUT2D eigenvalue weighted by Gasteiger charge is -2.24. The fraction of sp³-hybridized carbons (Fsp3) is 0.971. The quantitative estimate of drug-likeness (QED) is 0.0584. The number of carbonyl (C=O) groups excluding carboxylic acids is 1. The number of esters is 1. The third-order valence-electron chi connectivity index (χ3n) is 8.02. The van der Waals surface area contributed by atoms with E-state index in [4.69, 9.17) is 14.6 Å². The first-order valence-electron chi connectivity index (χ1n) is 17.4. The zero-order valence-electron chi connectivity index (χ0n) is 26.9. The van der Waals surface area contributed by atoms with Gasteiger partial charge in [-0.1, -0.05) is 149 Å². The first-order valence-corrected chi connectivity index (χ1v) is 17.4. The summed E-state index contributed by atoms with van der Waals surface area (Å²) in [6.07, 6.45) is 26.1. The number of aliphatic hydroxyl groups is 4. The number of ether oxygens (including phenoxy) is 2.